The summed E-state index contributed by atoms with van der Waals surface area (Å²) in [6.45, 7) is 2.72. The van der Waals surface area contributed by atoms with E-state index in [9.17, 15) is 14.4 Å². The maximum absolute atomic E-state index is 12.7. The zero-order valence-electron chi connectivity index (χ0n) is 15.1. The second-order valence-electron chi connectivity index (χ2n) is 7.17. The number of hydrogen-bond acceptors (Lipinski definition) is 3. The number of carbonyl (C=O) groups is 3. The fourth-order valence-corrected chi connectivity index (χ4v) is 3.93. The molecule has 2 atom stereocenters. The minimum atomic E-state index is -0.366. The van der Waals surface area contributed by atoms with Gasteiger partial charge in [-0.05, 0) is 37.5 Å². The Labute approximate surface area is 158 Å². The van der Waals surface area contributed by atoms with E-state index in [1.807, 2.05) is 14.0 Å². The van der Waals surface area contributed by atoms with Crippen molar-refractivity contribution >= 4 is 35.0 Å². The van der Waals surface area contributed by atoms with Gasteiger partial charge in [0.25, 0.3) is 0 Å². The topological polar surface area (TPSA) is 69.7 Å². The van der Waals surface area contributed by atoms with Gasteiger partial charge < -0.3 is 15.1 Å². The number of fused-ring (bicyclic) bond motifs is 3. The van der Waals surface area contributed by atoms with Crippen molar-refractivity contribution in [3.05, 3.63) is 28.8 Å². The van der Waals surface area contributed by atoms with Gasteiger partial charge in [0, 0.05) is 36.9 Å². The molecular weight excluding hydrogens is 354 g/mol. The Morgan fingerprint density at radius 1 is 1.27 bits per heavy atom. The first kappa shape index (κ1) is 18.7. The number of amides is 3. The number of likely N-dealkylation sites (N-methyl/N-ethyl adjacent to an activating group) is 1. The highest BCUT2D eigenvalue weighted by molar-refractivity contribution is 6.31. The molecule has 0 unspecified atom stereocenters. The molecule has 0 spiro atoms. The van der Waals surface area contributed by atoms with Crippen molar-refractivity contribution in [1.29, 1.82) is 0 Å². The van der Waals surface area contributed by atoms with Crippen LogP contribution in [-0.4, -0.2) is 53.7 Å². The Balaban J connectivity index is 1.65. The van der Waals surface area contributed by atoms with Crippen LogP contribution in [0.1, 0.15) is 31.2 Å². The molecule has 2 fully saturated rings. The number of anilines is 1. The zero-order chi connectivity index (χ0) is 18.8. The standard InChI is InChI=1S/C19H24ClN3O3/c1-12-15(20)7-4-8-16(12)21-17(24)9-18(25)23-10-13-5-3-6-14(11-23)22(2)19(13)26/h4,7-8,13-14H,3,5-6,9-11H2,1-2H3,(H,21,24)/t13-,14+/m1/s1. The summed E-state index contributed by atoms with van der Waals surface area (Å²) in [6, 6.07) is 5.30. The molecule has 2 aliphatic rings. The van der Waals surface area contributed by atoms with Gasteiger partial charge in [-0.25, -0.2) is 0 Å². The number of rotatable bonds is 3. The average Bonchev–Trinajstić information content (AvgIpc) is 2.77. The van der Waals surface area contributed by atoms with Crippen LogP contribution >= 0.6 is 11.6 Å². The molecule has 2 saturated heterocycles. The van der Waals surface area contributed by atoms with Gasteiger partial charge in [-0.15, -0.1) is 0 Å². The van der Waals surface area contributed by atoms with Crippen molar-refractivity contribution in [2.75, 3.05) is 25.5 Å². The number of halogens is 1. The number of nitrogens with one attached hydrogen (secondary N) is 1. The predicted octanol–water partition coefficient (Wildman–Crippen LogP) is 2.45. The van der Waals surface area contributed by atoms with E-state index in [1.54, 1.807) is 28.0 Å². The monoisotopic (exact) mass is 377 g/mol. The third-order valence-corrected chi connectivity index (χ3v) is 5.82. The molecule has 0 aliphatic carbocycles. The molecular formula is C19H24ClN3O3. The van der Waals surface area contributed by atoms with Gasteiger partial charge in [0.05, 0.1) is 5.92 Å². The van der Waals surface area contributed by atoms with Crippen molar-refractivity contribution < 1.29 is 14.4 Å². The minimum Gasteiger partial charge on any atom is -0.341 e. The molecule has 3 amide bonds. The third-order valence-electron chi connectivity index (χ3n) is 5.41. The fourth-order valence-electron chi connectivity index (χ4n) is 3.75. The lowest BCUT2D eigenvalue weighted by atomic mass is 9.99. The summed E-state index contributed by atoms with van der Waals surface area (Å²) in [7, 11) is 1.81. The quantitative estimate of drug-likeness (QED) is 0.822. The molecule has 0 aromatic heterocycles. The van der Waals surface area contributed by atoms with Crippen LogP contribution in [0.2, 0.25) is 5.02 Å². The molecule has 3 rings (SSSR count). The predicted molar refractivity (Wildman–Crippen MR) is 99.9 cm³/mol. The molecule has 0 saturated carbocycles. The van der Waals surface area contributed by atoms with Gasteiger partial charge in [0.15, 0.2) is 0 Å². The van der Waals surface area contributed by atoms with Crippen LogP contribution in [0.5, 0.6) is 0 Å². The number of carbonyl (C=O) groups excluding carboxylic acids is 3. The van der Waals surface area contributed by atoms with Crippen LogP contribution in [-0.2, 0) is 14.4 Å². The highest BCUT2D eigenvalue weighted by atomic mass is 35.5. The second-order valence-corrected chi connectivity index (χ2v) is 7.57. The Hall–Kier alpha value is -2.08. The van der Waals surface area contributed by atoms with Crippen LogP contribution < -0.4 is 5.32 Å². The van der Waals surface area contributed by atoms with Crippen LogP contribution in [0, 0.1) is 12.8 Å². The molecule has 1 aromatic carbocycles. The van der Waals surface area contributed by atoms with E-state index in [0.717, 1.165) is 24.8 Å². The van der Waals surface area contributed by atoms with Gasteiger partial charge in [-0.3, -0.25) is 14.4 Å². The maximum atomic E-state index is 12.7. The number of benzene rings is 1. The maximum Gasteiger partial charge on any atom is 0.233 e. The summed E-state index contributed by atoms with van der Waals surface area (Å²) in [5.41, 5.74) is 1.38. The molecule has 2 aliphatic heterocycles. The Morgan fingerprint density at radius 3 is 2.81 bits per heavy atom. The Kier molecular flexibility index (Phi) is 5.51. The third kappa shape index (κ3) is 3.85. The lowest BCUT2D eigenvalue weighted by molar-refractivity contribution is -0.135. The van der Waals surface area contributed by atoms with E-state index >= 15 is 0 Å². The number of nitrogens with zero attached hydrogens (tertiary/aromatic N) is 2. The molecule has 140 valence electrons. The van der Waals surface area contributed by atoms with Crippen molar-refractivity contribution in [2.45, 2.75) is 38.6 Å². The van der Waals surface area contributed by atoms with E-state index < -0.39 is 0 Å². The fraction of sp³-hybridized carbons (Fsp3) is 0.526. The second kappa shape index (κ2) is 7.66. The van der Waals surface area contributed by atoms with Crippen molar-refractivity contribution in [1.82, 2.24) is 9.80 Å². The van der Waals surface area contributed by atoms with E-state index in [4.69, 9.17) is 11.6 Å². The number of likely N-dealkylation sites (tertiary alicyclic amines) is 1. The van der Waals surface area contributed by atoms with Gasteiger partial charge in [-0.2, -0.15) is 0 Å². The highest BCUT2D eigenvalue weighted by Gasteiger charge is 2.38. The van der Waals surface area contributed by atoms with Crippen LogP contribution in [0.15, 0.2) is 18.2 Å². The molecule has 1 aromatic rings. The van der Waals surface area contributed by atoms with E-state index in [-0.39, 0.29) is 36.1 Å². The van der Waals surface area contributed by atoms with Crippen LogP contribution in [0.25, 0.3) is 0 Å². The Bertz CT molecular complexity index is 737. The van der Waals surface area contributed by atoms with Crippen molar-refractivity contribution in [3.8, 4) is 0 Å². The van der Waals surface area contributed by atoms with E-state index in [1.165, 1.54) is 0 Å². The van der Waals surface area contributed by atoms with Crippen LogP contribution in [0.3, 0.4) is 0 Å². The Morgan fingerprint density at radius 2 is 2.04 bits per heavy atom. The van der Waals surface area contributed by atoms with E-state index in [0.29, 0.717) is 23.8 Å². The SMILES string of the molecule is Cc1c(Cl)cccc1NC(=O)CC(=O)N1C[C@H]2CCC[C@@H](C1)N(C)C2=O. The molecule has 1 N–H and O–H groups in total. The minimum absolute atomic E-state index is 0.0391. The van der Waals surface area contributed by atoms with Gasteiger partial charge in [0.2, 0.25) is 17.7 Å². The van der Waals surface area contributed by atoms with Gasteiger partial charge in [0.1, 0.15) is 6.42 Å². The normalized spacial score (nSPS) is 22.8. The summed E-state index contributed by atoms with van der Waals surface area (Å²) < 4.78 is 0. The van der Waals surface area contributed by atoms with Gasteiger partial charge in [-0.1, -0.05) is 24.1 Å². The molecule has 0 radical (unpaired) electrons. The largest absolute Gasteiger partial charge is 0.341 e. The molecule has 6 nitrogen and oxygen atoms in total. The average molecular weight is 378 g/mol. The summed E-state index contributed by atoms with van der Waals surface area (Å²) in [5.74, 6) is -0.645. The van der Waals surface area contributed by atoms with Crippen molar-refractivity contribution in [2.24, 2.45) is 5.92 Å². The summed E-state index contributed by atoms with van der Waals surface area (Å²) >= 11 is 6.06. The lowest BCUT2D eigenvalue weighted by Crippen LogP contribution is -2.43. The van der Waals surface area contributed by atoms with Crippen LogP contribution in [0.4, 0.5) is 5.69 Å². The van der Waals surface area contributed by atoms with E-state index in [2.05, 4.69) is 5.32 Å². The first-order valence-corrected chi connectivity index (χ1v) is 9.34. The first-order valence-electron chi connectivity index (χ1n) is 8.96. The molecule has 7 heteroatoms. The number of hydrogen-bond donors (Lipinski definition) is 1. The smallest absolute Gasteiger partial charge is 0.233 e. The lowest BCUT2D eigenvalue weighted by Gasteiger charge is -2.29. The zero-order valence-corrected chi connectivity index (χ0v) is 15.9. The first-order chi connectivity index (χ1) is 12.4. The summed E-state index contributed by atoms with van der Waals surface area (Å²) in [6.07, 6.45) is 2.47. The van der Waals surface area contributed by atoms with Gasteiger partial charge >= 0.3 is 0 Å². The van der Waals surface area contributed by atoms with Crippen molar-refractivity contribution in [3.63, 3.8) is 0 Å². The molecule has 2 heterocycles. The summed E-state index contributed by atoms with van der Waals surface area (Å²) in [5, 5.41) is 3.32. The molecule has 26 heavy (non-hydrogen) atoms. The highest BCUT2D eigenvalue weighted by Crippen LogP contribution is 2.27. The summed E-state index contributed by atoms with van der Waals surface area (Å²) in [4.78, 5) is 40.9. The molecule has 2 bridgehead atoms.